The highest BCUT2D eigenvalue weighted by Crippen LogP contribution is 2.32. The molecule has 1 N–H and O–H groups in total. The van der Waals surface area contributed by atoms with E-state index in [1.54, 1.807) is 6.07 Å². The summed E-state index contributed by atoms with van der Waals surface area (Å²) in [6.07, 6.45) is 1.89. The molecular formula is C20H22Cl2N4. The molecular weight excluding hydrogens is 367 g/mol. The minimum Gasteiger partial charge on any atom is -0.369 e. The zero-order valence-electron chi connectivity index (χ0n) is 14.9. The maximum Gasteiger partial charge on any atom is 0.0964 e. The maximum atomic E-state index is 6.43. The molecule has 1 aliphatic heterocycles. The number of benzene rings is 2. The van der Waals surface area contributed by atoms with E-state index in [4.69, 9.17) is 23.2 Å². The van der Waals surface area contributed by atoms with Crippen LogP contribution in [-0.4, -0.2) is 35.2 Å². The van der Waals surface area contributed by atoms with E-state index in [2.05, 4.69) is 51.8 Å². The number of halogens is 2. The van der Waals surface area contributed by atoms with Crippen LogP contribution in [0.5, 0.6) is 0 Å². The molecule has 4 rings (SSSR count). The van der Waals surface area contributed by atoms with Gasteiger partial charge in [-0.1, -0.05) is 29.3 Å². The predicted molar refractivity (Wildman–Crippen MR) is 110 cm³/mol. The molecule has 0 bridgehead atoms. The molecule has 1 fully saturated rings. The van der Waals surface area contributed by atoms with Crippen LogP contribution in [0.2, 0.25) is 10.0 Å². The highest BCUT2D eigenvalue weighted by molar-refractivity contribution is 6.35. The standard InChI is InChI=1S/C20H22Cl2N4/c1-13-11-25(8-7-23-13)16-4-6-19-20(10-16)26(12-24-19)14(2)17-5-3-15(21)9-18(17)22/h3-6,9-10,12-14,23H,7-8,11H2,1-2H3/t13-,14-/m1/s1. The van der Waals surface area contributed by atoms with Crippen LogP contribution in [-0.2, 0) is 0 Å². The molecule has 136 valence electrons. The first kappa shape index (κ1) is 17.7. The van der Waals surface area contributed by atoms with Gasteiger partial charge in [0.1, 0.15) is 0 Å². The highest BCUT2D eigenvalue weighted by Gasteiger charge is 2.19. The number of piperazine rings is 1. The molecule has 0 amide bonds. The third-order valence-corrected chi connectivity index (χ3v) is 5.68. The first-order valence-corrected chi connectivity index (χ1v) is 9.68. The van der Waals surface area contributed by atoms with Gasteiger partial charge in [-0.2, -0.15) is 0 Å². The Labute approximate surface area is 163 Å². The summed E-state index contributed by atoms with van der Waals surface area (Å²) >= 11 is 12.5. The summed E-state index contributed by atoms with van der Waals surface area (Å²) < 4.78 is 2.18. The Bertz CT molecular complexity index is 937. The van der Waals surface area contributed by atoms with Crippen LogP contribution in [0.25, 0.3) is 11.0 Å². The van der Waals surface area contributed by atoms with Gasteiger partial charge in [-0.15, -0.1) is 0 Å². The van der Waals surface area contributed by atoms with E-state index in [0.717, 1.165) is 36.2 Å². The second kappa shape index (κ2) is 7.10. The largest absolute Gasteiger partial charge is 0.369 e. The van der Waals surface area contributed by atoms with Gasteiger partial charge < -0.3 is 14.8 Å². The number of anilines is 1. The van der Waals surface area contributed by atoms with Gasteiger partial charge in [0.25, 0.3) is 0 Å². The zero-order chi connectivity index (χ0) is 18.3. The molecule has 1 aromatic heterocycles. The van der Waals surface area contributed by atoms with Crippen molar-refractivity contribution in [3.8, 4) is 0 Å². The third-order valence-electron chi connectivity index (χ3n) is 5.12. The molecule has 0 aliphatic carbocycles. The highest BCUT2D eigenvalue weighted by atomic mass is 35.5. The second-order valence-electron chi connectivity index (χ2n) is 6.97. The van der Waals surface area contributed by atoms with Crippen molar-refractivity contribution >= 4 is 39.9 Å². The van der Waals surface area contributed by atoms with Crippen LogP contribution in [0.4, 0.5) is 5.69 Å². The molecule has 0 spiro atoms. The normalized spacial score (nSPS) is 19.1. The van der Waals surface area contributed by atoms with Crippen LogP contribution in [0, 0.1) is 0 Å². The second-order valence-corrected chi connectivity index (χ2v) is 7.81. The molecule has 1 aliphatic rings. The SMILES string of the molecule is C[C@@H]1CN(c2ccc3ncn([C@H](C)c4ccc(Cl)cc4Cl)c3c2)CCN1. The van der Waals surface area contributed by atoms with Crippen molar-refractivity contribution in [2.75, 3.05) is 24.5 Å². The Hall–Kier alpha value is -1.75. The van der Waals surface area contributed by atoms with E-state index in [9.17, 15) is 0 Å². The van der Waals surface area contributed by atoms with Crippen LogP contribution in [0.1, 0.15) is 25.5 Å². The number of hydrogen-bond acceptors (Lipinski definition) is 3. The Morgan fingerprint density at radius 1 is 1.19 bits per heavy atom. The molecule has 0 radical (unpaired) electrons. The van der Waals surface area contributed by atoms with E-state index in [1.807, 2.05) is 18.5 Å². The monoisotopic (exact) mass is 388 g/mol. The number of nitrogens with one attached hydrogen (secondary N) is 1. The summed E-state index contributed by atoms with van der Waals surface area (Å²) in [4.78, 5) is 7.01. The maximum absolute atomic E-state index is 6.43. The van der Waals surface area contributed by atoms with Crippen LogP contribution >= 0.6 is 23.2 Å². The number of hydrogen-bond donors (Lipinski definition) is 1. The summed E-state index contributed by atoms with van der Waals surface area (Å²) in [6.45, 7) is 7.39. The lowest BCUT2D eigenvalue weighted by atomic mass is 10.1. The number of aromatic nitrogens is 2. The summed E-state index contributed by atoms with van der Waals surface area (Å²) in [5.41, 5.74) is 4.39. The fourth-order valence-corrected chi connectivity index (χ4v) is 4.24. The first-order chi connectivity index (χ1) is 12.5. The van der Waals surface area contributed by atoms with Crippen LogP contribution < -0.4 is 10.2 Å². The molecule has 0 unspecified atom stereocenters. The first-order valence-electron chi connectivity index (χ1n) is 8.93. The lowest BCUT2D eigenvalue weighted by Crippen LogP contribution is -2.49. The van der Waals surface area contributed by atoms with Gasteiger partial charge >= 0.3 is 0 Å². The third kappa shape index (κ3) is 3.29. The van der Waals surface area contributed by atoms with Gasteiger partial charge in [-0.05, 0) is 49.7 Å². The Balaban J connectivity index is 1.72. The molecule has 1 saturated heterocycles. The van der Waals surface area contributed by atoms with Crippen molar-refractivity contribution in [1.29, 1.82) is 0 Å². The molecule has 2 heterocycles. The summed E-state index contributed by atoms with van der Waals surface area (Å²) in [5, 5.41) is 4.82. The number of nitrogens with zero attached hydrogens (tertiary/aromatic N) is 3. The Kier molecular flexibility index (Phi) is 4.82. The van der Waals surface area contributed by atoms with Gasteiger partial charge in [-0.25, -0.2) is 4.98 Å². The van der Waals surface area contributed by atoms with Crippen molar-refractivity contribution in [3.63, 3.8) is 0 Å². The van der Waals surface area contributed by atoms with Gasteiger partial charge in [0.15, 0.2) is 0 Å². The summed E-state index contributed by atoms with van der Waals surface area (Å²) in [6, 6.07) is 12.7. The fourth-order valence-electron chi connectivity index (χ4n) is 3.68. The van der Waals surface area contributed by atoms with E-state index >= 15 is 0 Å². The van der Waals surface area contributed by atoms with E-state index in [0.29, 0.717) is 16.1 Å². The van der Waals surface area contributed by atoms with Crippen molar-refractivity contribution in [3.05, 3.63) is 58.3 Å². The minimum absolute atomic E-state index is 0.0713. The quantitative estimate of drug-likeness (QED) is 0.702. The minimum atomic E-state index is 0.0713. The molecule has 6 heteroatoms. The van der Waals surface area contributed by atoms with E-state index < -0.39 is 0 Å². The van der Waals surface area contributed by atoms with Gasteiger partial charge in [0, 0.05) is 41.4 Å². The lowest BCUT2D eigenvalue weighted by molar-refractivity contribution is 0.485. The Morgan fingerprint density at radius 2 is 2.04 bits per heavy atom. The summed E-state index contributed by atoms with van der Waals surface area (Å²) in [5.74, 6) is 0. The fraction of sp³-hybridized carbons (Fsp3) is 0.350. The van der Waals surface area contributed by atoms with Gasteiger partial charge in [0.05, 0.1) is 23.4 Å². The molecule has 4 nitrogen and oxygen atoms in total. The molecule has 2 aromatic carbocycles. The van der Waals surface area contributed by atoms with Crippen molar-refractivity contribution in [2.24, 2.45) is 0 Å². The zero-order valence-corrected chi connectivity index (χ0v) is 16.4. The molecule has 2 atom stereocenters. The number of rotatable bonds is 3. The topological polar surface area (TPSA) is 33.1 Å². The van der Waals surface area contributed by atoms with E-state index in [1.165, 1.54) is 5.69 Å². The van der Waals surface area contributed by atoms with Crippen molar-refractivity contribution in [1.82, 2.24) is 14.9 Å². The average molecular weight is 389 g/mol. The van der Waals surface area contributed by atoms with Gasteiger partial charge in [-0.3, -0.25) is 0 Å². The lowest BCUT2D eigenvalue weighted by Gasteiger charge is -2.33. The van der Waals surface area contributed by atoms with Gasteiger partial charge in [0.2, 0.25) is 0 Å². The van der Waals surface area contributed by atoms with Crippen molar-refractivity contribution in [2.45, 2.75) is 25.9 Å². The molecule has 0 saturated carbocycles. The number of imidazole rings is 1. The average Bonchev–Trinajstić information content (AvgIpc) is 3.04. The smallest absolute Gasteiger partial charge is 0.0964 e. The molecule has 26 heavy (non-hydrogen) atoms. The van der Waals surface area contributed by atoms with Crippen molar-refractivity contribution < 1.29 is 0 Å². The number of fused-ring (bicyclic) bond motifs is 1. The molecule has 3 aromatic rings. The van der Waals surface area contributed by atoms with Crippen LogP contribution in [0.15, 0.2) is 42.7 Å². The Morgan fingerprint density at radius 3 is 2.81 bits per heavy atom. The van der Waals surface area contributed by atoms with E-state index in [-0.39, 0.29) is 6.04 Å². The summed E-state index contributed by atoms with van der Waals surface area (Å²) in [7, 11) is 0. The van der Waals surface area contributed by atoms with Crippen LogP contribution in [0.3, 0.4) is 0 Å². The predicted octanol–water partition coefficient (Wildman–Crippen LogP) is 4.75.